The molecule has 23 heavy (non-hydrogen) atoms. The van der Waals surface area contributed by atoms with Gasteiger partial charge in [0.1, 0.15) is 5.82 Å². The number of fused-ring (bicyclic) bond motifs is 2. The summed E-state index contributed by atoms with van der Waals surface area (Å²) in [6.07, 6.45) is 3.65. The highest BCUT2D eigenvalue weighted by molar-refractivity contribution is 6.05. The second-order valence-electron chi connectivity index (χ2n) is 5.83. The van der Waals surface area contributed by atoms with E-state index in [0.717, 1.165) is 12.2 Å². The van der Waals surface area contributed by atoms with Crippen molar-refractivity contribution in [2.45, 2.75) is 19.5 Å². The van der Waals surface area contributed by atoms with Crippen LogP contribution in [0.2, 0.25) is 0 Å². The van der Waals surface area contributed by atoms with Crippen molar-refractivity contribution in [3.8, 4) is 0 Å². The van der Waals surface area contributed by atoms with Crippen molar-refractivity contribution in [1.29, 1.82) is 0 Å². The summed E-state index contributed by atoms with van der Waals surface area (Å²) in [4.78, 5) is 19.1. The van der Waals surface area contributed by atoms with Gasteiger partial charge in [0.25, 0.3) is 5.91 Å². The summed E-state index contributed by atoms with van der Waals surface area (Å²) in [6.45, 7) is 3.35. The molecule has 1 unspecified atom stereocenters. The van der Waals surface area contributed by atoms with Crippen molar-refractivity contribution in [2.24, 2.45) is 0 Å². The second-order valence-corrected chi connectivity index (χ2v) is 5.83. The molecule has 2 aromatic heterocycles. The van der Waals surface area contributed by atoms with Crippen LogP contribution in [0.4, 0.5) is 4.39 Å². The lowest BCUT2D eigenvalue weighted by molar-refractivity contribution is 0.0645. The molecule has 0 aliphatic carbocycles. The van der Waals surface area contributed by atoms with E-state index in [1.54, 1.807) is 23.2 Å². The number of rotatable bonds is 1. The van der Waals surface area contributed by atoms with E-state index in [1.165, 1.54) is 12.1 Å². The maximum Gasteiger partial charge on any atom is 0.256 e. The van der Waals surface area contributed by atoms with Crippen molar-refractivity contribution in [3.63, 3.8) is 0 Å². The smallest absolute Gasteiger partial charge is 0.256 e. The Morgan fingerprint density at radius 2 is 2.13 bits per heavy atom. The van der Waals surface area contributed by atoms with Crippen LogP contribution in [-0.4, -0.2) is 26.9 Å². The maximum atomic E-state index is 13.9. The molecule has 4 rings (SSSR count). The van der Waals surface area contributed by atoms with Crippen LogP contribution in [0, 0.1) is 5.82 Å². The van der Waals surface area contributed by atoms with Crippen molar-refractivity contribution in [3.05, 3.63) is 65.9 Å². The number of pyridine rings is 1. The summed E-state index contributed by atoms with van der Waals surface area (Å²) in [5, 5.41) is 0.642. The lowest BCUT2D eigenvalue weighted by Crippen LogP contribution is -2.40. The van der Waals surface area contributed by atoms with E-state index < -0.39 is 5.82 Å². The molecular weight excluding hydrogens is 293 g/mol. The average Bonchev–Trinajstić information content (AvgIpc) is 3.03. The number of carbonyl (C=O) groups is 1. The SMILES string of the molecule is CC1c2cccn2CCN1C(=O)c1cc(F)cc2cccnc12. The summed E-state index contributed by atoms with van der Waals surface area (Å²) in [5.74, 6) is -0.588. The third-order valence-electron chi connectivity index (χ3n) is 4.50. The zero-order chi connectivity index (χ0) is 16.0. The number of carbonyl (C=O) groups excluding carboxylic acids is 1. The molecule has 1 aliphatic rings. The number of aromatic nitrogens is 2. The Kier molecular flexibility index (Phi) is 3.15. The monoisotopic (exact) mass is 309 g/mol. The highest BCUT2D eigenvalue weighted by Gasteiger charge is 2.29. The van der Waals surface area contributed by atoms with Gasteiger partial charge in [-0.05, 0) is 37.3 Å². The Morgan fingerprint density at radius 1 is 1.26 bits per heavy atom. The fraction of sp³-hybridized carbons (Fsp3) is 0.222. The minimum absolute atomic E-state index is 0.0479. The quantitative estimate of drug-likeness (QED) is 0.691. The third kappa shape index (κ3) is 2.20. The number of benzene rings is 1. The molecule has 1 aliphatic heterocycles. The predicted octanol–water partition coefficient (Wildman–Crippen LogP) is 3.39. The lowest BCUT2D eigenvalue weighted by Gasteiger charge is -2.35. The van der Waals surface area contributed by atoms with Gasteiger partial charge in [-0.15, -0.1) is 0 Å². The van der Waals surface area contributed by atoms with Gasteiger partial charge in [0.15, 0.2) is 0 Å². The fourth-order valence-electron chi connectivity index (χ4n) is 3.33. The first-order valence-corrected chi connectivity index (χ1v) is 7.65. The van der Waals surface area contributed by atoms with E-state index in [-0.39, 0.29) is 11.9 Å². The second kappa shape index (κ2) is 5.19. The van der Waals surface area contributed by atoms with Gasteiger partial charge in [-0.1, -0.05) is 6.07 Å². The Bertz CT molecular complexity index is 902. The summed E-state index contributed by atoms with van der Waals surface area (Å²) in [5.41, 5.74) is 1.97. The van der Waals surface area contributed by atoms with Crippen molar-refractivity contribution in [2.75, 3.05) is 6.54 Å². The van der Waals surface area contributed by atoms with Gasteiger partial charge in [0.05, 0.1) is 17.1 Å². The molecule has 0 saturated heterocycles. The fourth-order valence-corrected chi connectivity index (χ4v) is 3.33. The molecule has 1 amide bonds. The molecule has 0 fully saturated rings. The largest absolute Gasteiger partial charge is 0.348 e. The lowest BCUT2D eigenvalue weighted by atomic mass is 10.1. The third-order valence-corrected chi connectivity index (χ3v) is 4.50. The number of hydrogen-bond acceptors (Lipinski definition) is 2. The highest BCUT2D eigenvalue weighted by atomic mass is 19.1. The summed E-state index contributed by atoms with van der Waals surface area (Å²) in [6, 6.07) is 10.2. The normalized spacial score (nSPS) is 17.3. The van der Waals surface area contributed by atoms with Crippen LogP contribution in [-0.2, 0) is 6.54 Å². The molecule has 0 radical (unpaired) electrons. The van der Waals surface area contributed by atoms with Crippen LogP contribution in [0.15, 0.2) is 48.8 Å². The van der Waals surface area contributed by atoms with E-state index in [1.807, 2.05) is 25.3 Å². The van der Waals surface area contributed by atoms with Crippen molar-refractivity contribution >= 4 is 16.8 Å². The minimum Gasteiger partial charge on any atom is -0.348 e. The summed E-state index contributed by atoms with van der Waals surface area (Å²) < 4.78 is 16.1. The Labute approximate surface area is 133 Å². The van der Waals surface area contributed by atoms with Gasteiger partial charge < -0.3 is 9.47 Å². The molecule has 5 heteroatoms. The highest BCUT2D eigenvalue weighted by Crippen LogP contribution is 2.28. The average molecular weight is 309 g/mol. The van der Waals surface area contributed by atoms with Gasteiger partial charge in [0.2, 0.25) is 0 Å². The zero-order valence-electron chi connectivity index (χ0n) is 12.7. The van der Waals surface area contributed by atoms with Crippen LogP contribution in [0.3, 0.4) is 0 Å². The molecular formula is C18H16FN3O. The first-order chi connectivity index (χ1) is 11.1. The van der Waals surface area contributed by atoms with E-state index in [0.29, 0.717) is 23.0 Å². The Balaban J connectivity index is 1.78. The predicted molar refractivity (Wildman–Crippen MR) is 85.6 cm³/mol. The van der Waals surface area contributed by atoms with Gasteiger partial charge >= 0.3 is 0 Å². The van der Waals surface area contributed by atoms with Crippen molar-refractivity contribution < 1.29 is 9.18 Å². The van der Waals surface area contributed by atoms with Crippen molar-refractivity contribution in [1.82, 2.24) is 14.5 Å². The molecule has 4 nitrogen and oxygen atoms in total. The number of amides is 1. The van der Waals surface area contributed by atoms with Crippen LogP contribution in [0.1, 0.15) is 29.0 Å². The van der Waals surface area contributed by atoms with E-state index >= 15 is 0 Å². The summed E-state index contributed by atoms with van der Waals surface area (Å²) in [7, 11) is 0. The van der Waals surface area contributed by atoms with Crippen LogP contribution >= 0.6 is 0 Å². The molecule has 0 bridgehead atoms. The Hall–Kier alpha value is -2.69. The molecule has 1 atom stereocenters. The molecule has 116 valence electrons. The van der Waals surface area contributed by atoms with E-state index in [2.05, 4.69) is 9.55 Å². The van der Waals surface area contributed by atoms with Crippen LogP contribution < -0.4 is 0 Å². The van der Waals surface area contributed by atoms with Gasteiger partial charge in [-0.3, -0.25) is 9.78 Å². The number of hydrogen-bond donors (Lipinski definition) is 0. The first kappa shape index (κ1) is 13.9. The van der Waals surface area contributed by atoms with Gasteiger partial charge in [0, 0.05) is 36.6 Å². The van der Waals surface area contributed by atoms with Gasteiger partial charge in [-0.25, -0.2) is 4.39 Å². The number of nitrogens with zero attached hydrogens (tertiary/aromatic N) is 3. The summed E-state index contributed by atoms with van der Waals surface area (Å²) >= 11 is 0. The van der Waals surface area contributed by atoms with E-state index in [4.69, 9.17) is 0 Å². The molecule has 0 spiro atoms. The minimum atomic E-state index is -0.415. The van der Waals surface area contributed by atoms with E-state index in [9.17, 15) is 9.18 Å². The standard InChI is InChI=1S/C18H16FN3O/c1-12-16-5-3-7-21(16)8-9-22(12)18(23)15-11-14(19)10-13-4-2-6-20-17(13)15/h2-7,10-12H,8-9H2,1H3. The van der Waals surface area contributed by atoms with Gasteiger partial charge in [-0.2, -0.15) is 0 Å². The Morgan fingerprint density at radius 3 is 3.00 bits per heavy atom. The van der Waals surface area contributed by atoms with Crippen LogP contribution in [0.5, 0.6) is 0 Å². The molecule has 0 N–H and O–H groups in total. The first-order valence-electron chi connectivity index (χ1n) is 7.65. The molecule has 3 heterocycles. The molecule has 1 aromatic carbocycles. The topological polar surface area (TPSA) is 38.1 Å². The maximum absolute atomic E-state index is 13.9. The molecule has 3 aromatic rings. The zero-order valence-corrected chi connectivity index (χ0v) is 12.7. The van der Waals surface area contributed by atoms with Crippen LogP contribution in [0.25, 0.3) is 10.9 Å². The number of halogens is 1. The molecule has 0 saturated carbocycles.